The molecule has 3 nitrogen and oxygen atoms in total. The lowest BCUT2D eigenvalue weighted by molar-refractivity contribution is 0.0702. The second kappa shape index (κ2) is 5.26. The topological polar surface area (TPSA) is 50.2 Å². The lowest BCUT2D eigenvalue weighted by Gasteiger charge is -2.01. The first kappa shape index (κ1) is 13.3. The van der Waals surface area contributed by atoms with Gasteiger partial charge in [-0.25, -0.2) is 9.78 Å². The van der Waals surface area contributed by atoms with E-state index in [0.29, 0.717) is 27.7 Å². The number of nitrogens with zero attached hydrogens (tertiary/aromatic N) is 1. The fraction of sp³-hybridized carbons (Fsp3) is 0.167. The first-order chi connectivity index (χ1) is 8.52. The van der Waals surface area contributed by atoms with Crippen molar-refractivity contribution < 1.29 is 9.90 Å². The number of aromatic carboxylic acids is 1. The number of thiazole rings is 1. The van der Waals surface area contributed by atoms with E-state index >= 15 is 0 Å². The minimum Gasteiger partial charge on any atom is -0.477 e. The molecule has 0 atom stereocenters. The molecule has 6 heteroatoms. The molecular weight excluding hydrogens is 293 g/mol. The highest BCUT2D eigenvalue weighted by atomic mass is 35.5. The van der Waals surface area contributed by atoms with Crippen molar-refractivity contribution in [3.63, 3.8) is 0 Å². The average Bonchev–Trinajstić information content (AvgIpc) is 2.77. The molecule has 2 rings (SSSR count). The van der Waals surface area contributed by atoms with Gasteiger partial charge in [0.1, 0.15) is 4.88 Å². The van der Waals surface area contributed by atoms with E-state index in [1.54, 1.807) is 18.2 Å². The summed E-state index contributed by atoms with van der Waals surface area (Å²) in [7, 11) is 0. The first-order valence-corrected chi connectivity index (χ1v) is 6.78. The minimum atomic E-state index is -0.978. The van der Waals surface area contributed by atoms with E-state index in [0.717, 1.165) is 5.01 Å². The molecule has 1 N–H and O–H groups in total. The number of hydrogen-bond acceptors (Lipinski definition) is 3. The van der Waals surface area contributed by atoms with Crippen molar-refractivity contribution in [3.05, 3.63) is 38.1 Å². The Labute approximate surface area is 118 Å². The Balaban J connectivity index is 2.58. The summed E-state index contributed by atoms with van der Waals surface area (Å²) < 4.78 is 0. The monoisotopic (exact) mass is 301 g/mol. The fourth-order valence-corrected chi connectivity index (χ4v) is 2.66. The summed E-state index contributed by atoms with van der Waals surface area (Å²) in [5.74, 6) is -0.978. The Kier molecular flexibility index (Phi) is 3.90. The van der Waals surface area contributed by atoms with E-state index < -0.39 is 5.97 Å². The van der Waals surface area contributed by atoms with Crippen LogP contribution in [0.1, 0.15) is 21.6 Å². The summed E-state index contributed by atoms with van der Waals surface area (Å²) in [6.45, 7) is 1.93. The predicted molar refractivity (Wildman–Crippen MR) is 73.9 cm³/mol. The molecule has 0 bridgehead atoms. The fourth-order valence-electron chi connectivity index (χ4n) is 1.50. The number of carboxylic acids is 1. The first-order valence-electron chi connectivity index (χ1n) is 5.21. The highest BCUT2D eigenvalue weighted by Gasteiger charge is 2.18. The van der Waals surface area contributed by atoms with Gasteiger partial charge in [-0.05, 0) is 18.6 Å². The van der Waals surface area contributed by atoms with E-state index in [9.17, 15) is 9.90 Å². The van der Waals surface area contributed by atoms with Gasteiger partial charge in [0, 0.05) is 5.56 Å². The summed E-state index contributed by atoms with van der Waals surface area (Å²) in [6, 6.07) is 4.98. The molecule has 0 aliphatic rings. The molecule has 2 aromatic rings. The SMILES string of the molecule is CCc1nc(-c2ccc(Cl)c(Cl)c2)c(C(=O)O)s1. The maximum absolute atomic E-state index is 11.2. The Morgan fingerprint density at radius 2 is 2.11 bits per heavy atom. The Bertz CT molecular complexity index is 610. The van der Waals surface area contributed by atoms with E-state index in [2.05, 4.69) is 4.98 Å². The third-order valence-electron chi connectivity index (χ3n) is 2.36. The van der Waals surface area contributed by atoms with Crippen LogP contribution in [-0.2, 0) is 6.42 Å². The summed E-state index contributed by atoms with van der Waals surface area (Å²) in [4.78, 5) is 15.7. The van der Waals surface area contributed by atoms with Crippen molar-refractivity contribution in [3.8, 4) is 11.3 Å². The Morgan fingerprint density at radius 3 is 2.67 bits per heavy atom. The highest BCUT2D eigenvalue weighted by molar-refractivity contribution is 7.14. The second-order valence-electron chi connectivity index (χ2n) is 3.57. The zero-order valence-corrected chi connectivity index (χ0v) is 11.7. The lowest BCUT2D eigenvalue weighted by Crippen LogP contribution is -1.95. The van der Waals surface area contributed by atoms with Crippen molar-refractivity contribution in [2.45, 2.75) is 13.3 Å². The number of carboxylic acid groups (broad SMARTS) is 1. The van der Waals surface area contributed by atoms with Crippen LogP contribution in [0.25, 0.3) is 11.3 Å². The van der Waals surface area contributed by atoms with Crippen LogP contribution in [0.5, 0.6) is 0 Å². The van der Waals surface area contributed by atoms with Crippen molar-refractivity contribution in [2.24, 2.45) is 0 Å². The minimum absolute atomic E-state index is 0.227. The predicted octanol–water partition coefficient (Wildman–Crippen LogP) is 4.38. The molecule has 94 valence electrons. The molecule has 18 heavy (non-hydrogen) atoms. The van der Waals surface area contributed by atoms with Crippen LogP contribution in [0.4, 0.5) is 0 Å². The smallest absolute Gasteiger partial charge is 0.348 e. The van der Waals surface area contributed by atoms with Crippen LogP contribution in [0.3, 0.4) is 0 Å². The van der Waals surface area contributed by atoms with Crippen molar-refractivity contribution in [1.29, 1.82) is 0 Å². The van der Waals surface area contributed by atoms with E-state index in [-0.39, 0.29) is 4.88 Å². The van der Waals surface area contributed by atoms with Gasteiger partial charge >= 0.3 is 5.97 Å². The third-order valence-corrected chi connectivity index (χ3v) is 4.29. The molecule has 1 heterocycles. The Hall–Kier alpha value is -1.10. The number of carbonyl (C=O) groups is 1. The van der Waals surface area contributed by atoms with Crippen LogP contribution >= 0.6 is 34.5 Å². The van der Waals surface area contributed by atoms with Gasteiger partial charge < -0.3 is 5.11 Å². The summed E-state index contributed by atoms with van der Waals surface area (Å²) in [5, 5.41) is 10.8. The highest BCUT2D eigenvalue weighted by Crippen LogP contribution is 2.32. The van der Waals surface area contributed by atoms with Gasteiger partial charge in [0.15, 0.2) is 0 Å². The van der Waals surface area contributed by atoms with Crippen LogP contribution in [0, 0.1) is 0 Å². The van der Waals surface area contributed by atoms with Crippen LogP contribution < -0.4 is 0 Å². The van der Waals surface area contributed by atoms with Gasteiger partial charge in [-0.1, -0.05) is 36.2 Å². The van der Waals surface area contributed by atoms with Gasteiger partial charge in [0.25, 0.3) is 0 Å². The van der Waals surface area contributed by atoms with E-state index in [1.807, 2.05) is 6.92 Å². The molecule has 0 spiro atoms. The molecule has 0 saturated carbocycles. The van der Waals surface area contributed by atoms with Crippen LogP contribution in [0.15, 0.2) is 18.2 Å². The number of aryl methyl sites for hydroxylation is 1. The maximum atomic E-state index is 11.2. The molecule has 0 amide bonds. The van der Waals surface area contributed by atoms with Crippen molar-refractivity contribution >= 4 is 40.5 Å². The quantitative estimate of drug-likeness (QED) is 0.915. The molecule has 0 unspecified atom stereocenters. The largest absolute Gasteiger partial charge is 0.477 e. The maximum Gasteiger partial charge on any atom is 0.348 e. The number of halogens is 2. The number of rotatable bonds is 3. The van der Waals surface area contributed by atoms with E-state index in [4.69, 9.17) is 23.2 Å². The van der Waals surface area contributed by atoms with Gasteiger partial charge in [-0.3, -0.25) is 0 Å². The molecule has 0 fully saturated rings. The molecule has 1 aromatic heterocycles. The van der Waals surface area contributed by atoms with Crippen LogP contribution in [-0.4, -0.2) is 16.1 Å². The molecule has 1 aromatic carbocycles. The summed E-state index contributed by atoms with van der Waals surface area (Å²) >= 11 is 13.0. The molecule has 0 saturated heterocycles. The van der Waals surface area contributed by atoms with Crippen LogP contribution in [0.2, 0.25) is 10.0 Å². The second-order valence-corrected chi connectivity index (χ2v) is 5.47. The normalized spacial score (nSPS) is 10.6. The van der Waals surface area contributed by atoms with E-state index in [1.165, 1.54) is 11.3 Å². The molecule has 0 aliphatic carbocycles. The average molecular weight is 302 g/mol. The lowest BCUT2D eigenvalue weighted by atomic mass is 10.1. The van der Waals surface area contributed by atoms with Gasteiger partial charge in [0.05, 0.1) is 20.7 Å². The standard InChI is InChI=1S/C12H9Cl2NO2S/c1-2-9-15-10(11(18-9)12(16)17)6-3-4-7(13)8(14)5-6/h3-5H,2H2,1H3,(H,16,17). The van der Waals surface area contributed by atoms with Gasteiger partial charge in [-0.15, -0.1) is 11.3 Å². The zero-order valence-electron chi connectivity index (χ0n) is 9.41. The molecular formula is C12H9Cl2NO2S. The molecule has 0 radical (unpaired) electrons. The zero-order chi connectivity index (χ0) is 13.3. The number of benzene rings is 1. The van der Waals surface area contributed by atoms with Gasteiger partial charge in [-0.2, -0.15) is 0 Å². The number of hydrogen-bond donors (Lipinski definition) is 1. The molecule has 0 aliphatic heterocycles. The summed E-state index contributed by atoms with van der Waals surface area (Å²) in [6.07, 6.45) is 0.701. The number of aromatic nitrogens is 1. The van der Waals surface area contributed by atoms with Crippen molar-refractivity contribution in [2.75, 3.05) is 0 Å². The third kappa shape index (κ3) is 2.51. The van der Waals surface area contributed by atoms with Crippen molar-refractivity contribution in [1.82, 2.24) is 4.98 Å². The summed E-state index contributed by atoms with van der Waals surface area (Å²) in [5.41, 5.74) is 1.11. The Morgan fingerprint density at radius 1 is 1.39 bits per heavy atom. The van der Waals surface area contributed by atoms with Gasteiger partial charge in [0.2, 0.25) is 0 Å².